The van der Waals surface area contributed by atoms with Gasteiger partial charge < -0.3 is 18.6 Å². The number of hydrogen-bond donors (Lipinski definition) is 0. The topological polar surface area (TPSA) is 74.0 Å². The fourth-order valence-electron chi connectivity index (χ4n) is 3.87. The molecular weight excluding hydrogens is 396 g/mol. The van der Waals surface area contributed by atoms with Gasteiger partial charge in [0.05, 0.1) is 29.3 Å². The number of likely N-dealkylation sites (tertiary alicyclic amines) is 1. The van der Waals surface area contributed by atoms with Crippen LogP contribution in [0.2, 0.25) is 5.02 Å². The summed E-state index contributed by atoms with van der Waals surface area (Å²) in [6.07, 6.45) is 3.62. The molecule has 3 heterocycles. The minimum Gasteiger partial charge on any atom is -0.466 e. The first-order chi connectivity index (χ1) is 14.0. The molecule has 0 aliphatic carbocycles. The molecule has 7 nitrogen and oxygen atoms in total. The predicted octanol–water partition coefficient (Wildman–Crippen LogP) is 4.34. The van der Waals surface area contributed by atoms with Crippen LogP contribution in [-0.2, 0) is 16.1 Å². The number of aryl methyl sites for hydroxylation is 1. The highest BCUT2D eigenvalue weighted by molar-refractivity contribution is 6.33. The molecule has 1 fully saturated rings. The third kappa shape index (κ3) is 4.36. The Morgan fingerprint density at radius 3 is 2.90 bits per heavy atom. The summed E-state index contributed by atoms with van der Waals surface area (Å²) < 4.78 is 21.9. The van der Waals surface area contributed by atoms with Gasteiger partial charge in [-0.2, -0.15) is 0 Å². The first-order valence-corrected chi connectivity index (χ1v) is 10.4. The van der Waals surface area contributed by atoms with Crippen molar-refractivity contribution in [3.63, 3.8) is 0 Å². The van der Waals surface area contributed by atoms with Crippen LogP contribution < -0.4 is 9.47 Å². The molecule has 0 bridgehead atoms. The molecule has 29 heavy (non-hydrogen) atoms. The van der Waals surface area contributed by atoms with Crippen molar-refractivity contribution in [2.75, 3.05) is 19.9 Å². The molecule has 1 atom stereocenters. The Morgan fingerprint density at radius 1 is 1.31 bits per heavy atom. The summed E-state index contributed by atoms with van der Waals surface area (Å²) in [5.41, 5.74) is 1.52. The number of hydrogen-bond acceptors (Lipinski definition) is 7. The number of ether oxygens (including phenoxy) is 3. The maximum absolute atomic E-state index is 12.0. The van der Waals surface area contributed by atoms with Gasteiger partial charge in [-0.1, -0.05) is 18.0 Å². The van der Waals surface area contributed by atoms with Gasteiger partial charge in [0.1, 0.15) is 5.76 Å². The molecule has 2 aliphatic rings. The van der Waals surface area contributed by atoms with Crippen LogP contribution in [0.3, 0.4) is 0 Å². The van der Waals surface area contributed by atoms with E-state index in [1.165, 1.54) is 0 Å². The number of fused-ring (bicyclic) bond motifs is 1. The number of carbonyl (C=O) groups excluding carboxylic acids is 1. The highest BCUT2D eigenvalue weighted by Gasteiger charge is 2.27. The van der Waals surface area contributed by atoms with E-state index < -0.39 is 0 Å². The number of benzene rings is 1. The van der Waals surface area contributed by atoms with Gasteiger partial charge in [-0.15, -0.1) is 0 Å². The van der Waals surface area contributed by atoms with Gasteiger partial charge >= 0.3 is 5.97 Å². The van der Waals surface area contributed by atoms with E-state index in [9.17, 15) is 4.79 Å². The Balaban J connectivity index is 1.53. The third-order valence-electron chi connectivity index (χ3n) is 5.39. The van der Waals surface area contributed by atoms with Crippen molar-refractivity contribution in [3.8, 4) is 23.0 Å². The minimum absolute atomic E-state index is 0.144. The van der Waals surface area contributed by atoms with Crippen LogP contribution in [0.25, 0.3) is 11.5 Å². The van der Waals surface area contributed by atoms with Crippen molar-refractivity contribution in [1.82, 2.24) is 9.88 Å². The molecule has 1 aromatic carbocycles. The SMILES string of the molecule is CCOC(=O)CC1CCCCN1Cc1nc(-c2cc3c(cc2Cl)OCO3)oc1C. The molecule has 0 spiro atoms. The lowest BCUT2D eigenvalue weighted by Crippen LogP contribution is -2.40. The lowest BCUT2D eigenvalue weighted by Gasteiger charge is -2.34. The number of aromatic nitrogens is 1. The Morgan fingerprint density at radius 2 is 2.10 bits per heavy atom. The zero-order chi connectivity index (χ0) is 20.4. The second-order valence-electron chi connectivity index (χ2n) is 7.34. The third-order valence-corrected chi connectivity index (χ3v) is 5.71. The maximum atomic E-state index is 12.0. The number of oxazole rings is 1. The van der Waals surface area contributed by atoms with Crippen molar-refractivity contribution < 1.29 is 23.4 Å². The van der Waals surface area contributed by atoms with E-state index in [1.54, 1.807) is 12.1 Å². The minimum atomic E-state index is -0.144. The normalized spacial score (nSPS) is 18.8. The quantitative estimate of drug-likeness (QED) is 0.643. The molecule has 2 aromatic rings. The standard InChI is InChI=1S/C21H25ClN2O5/c1-3-26-20(25)8-14-6-4-5-7-24(14)11-17-13(2)29-21(23-17)15-9-18-19(10-16(15)22)28-12-27-18/h9-10,14H,3-8,11-12H2,1-2H3. The lowest BCUT2D eigenvalue weighted by molar-refractivity contribution is -0.145. The second-order valence-corrected chi connectivity index (χ2v) is 7.74. The first-order valence-electron chi connectivity index (χ1n) is 10.0. The van der Waals surface area contributed by atoms with Crippen molar-refractivity contribution in [1.29, 1.82) is 0 Å². The molecule has 1 unspecified atom stereocenters. The zero-order valence-electron chi connectivity index (χ0n) is 16.7. The smallest absolute Gasteiger partial charge is 0.307 e. The van der Waals surface area contributed by atoms with Crippen LogP contribution in [0, 0.1) is 6.92 Å². The van der Waals surface area contributed by atoms with E-state index in [-0.39, 0.29) is 18.8 Å². The van der Waals surface area contributed by atoms with E-state index in [0.29, 0.717) is 47.5 Å². The van der Waals surface area contributed by atoms with E-state index in [4.69, 9.17) is 35.2 Å². The number of halogens is 1. The largest absolute Gasteiger partial charge is 0.466 e. The molecule has 8 heteroatoms. The second kappa shape index (κ2) is 8.63. The van der Waals surface area contributed by atoms with Crippen LogP contribution in [-0.4, -0.2) is 41.8 Å². The van der Waals surface area contributed by atoms with E-state index >= 15 is 0 Å². The molecule has 0 N–H and O–H groups in total. The van der Waals surface area contributed by atoms with Gasteiger partial charge in [-0.3, -0.25) is 9.69 Å². The number of carbonyl (C=O) groups is 1. The van der Waals surface area contributed by atoms with Crippen LogP contribution in [0.15, 0.2) is 16.5 Å². The molecule has 0 saturated carbocycles. The lowest BCUT2D eigenvalue weighted by atomic mass is 9.99. The summed E-state index contributed by atoms with van der Waals surface area (Å²) in [6.45, 7) is 5.88. The molecule has 1 saturated heterocycles. The summed E-state index contributed by atoms with van der Waals surface area (Å²) in [7, 11) is 0. The van der Waals surface area contributed by atoms with Gasteiger partial charge in [0.15, 0.2) is 11.5 Å². The van der Waals surface area contributed by atoms with Gasteiger partial charge in [-0.05, 0) is 39.3 Å². The fraction of sp³-hybridized carbons (Fsp3) is 0.524. The average Bonchev–Trinajstić information content (AvgIpc) is 3.29. The van der Waals surface area contributed by atoms with Gasteiger partial charge in [0, 0.05) is 18.7 Å². The zero-order valence-corrected chi connectivity index (χ0v) is 17.5. The van der Waals surface area contributed by atoms with Gasteiger partial charge in [0.2, 0.25) is 12.7 Å². The number of piperidine rings is 1. The summed E-state index contributed by atoms with van der Waals surface area (Å²) in [5.74, 6) is 2.31. The molecule has 2 aliphatic heterocycles. The highest BCUT2D eigenvalue weighted by atomic mass is 35.5. The van der Waals surface area contributed by atoms with E-state index in [0.717, 1.165) is 37.3 Å². The van der Waals surface area contributed by atoms with Crippen molar-refractivity contribution >= 4 is 17.6 Å². The maximum Gasteiger partial charge on any atom is 0.307 e. The highest BCUT2D eigenvalue weighted by Crippen LogP contribution is 2.41. The van der Waals surface area contributed by atoms with Crippen molar-refractivity contribution in [2.45, 2.75) is 52.1 Å². The Kier molecular flexibility index (Phi) is 5.96. The summed E-state index contributed by atoms with van der Waals surface area (Å²) in [4.78, 5) is 19.0. The molecule has 0 radical (unpaired) electrons. The molecule has 1 aromatic heterocycles. The van der Waals surface area contributed by atoms with E-state index in [1.807, 2.05) is 13.8 Å². The van der Waals surface area contributed by atoms with Crippen LogP contribution in [0.5, 0.6) is 11.5 Å². The number of rotatable bonds is 6. The predicted molar refractivity (Wildman–Crippen MR) is 107 cm³/mol. The molecule has 156 valence electrons. The van der Waals surface area contributed by atoms with Crippen molar-refractivity contribution in [3.05, 3.63) is 28.6 Å². The Bertz CT molecular complexity index is 897. The number of esters is 1. The van der Waals surface area contributed by atoms with Crippen LogP contribution >= 0.6 is 11.6 Å². The molecule has 4 rings (SSSR count). The Labute approximate surface area is 174 Å². The van der Waals surface area contributed by atoms with Crippen molar-refractivity contribution in [2.24, 2.45) is 0 Å². The number of nitrogens with zero attached hydrogens (tertiary/aromatic N) is 2. The molecule has 0 amide bonds. The monoisotopic (exact) mass is 420 g/mol. The summed E-state index contributed by atoms with van der Waals surface area (Å²) in [6, 6.07) is 3.68. The van der Waals surface area contributed by atoms with Crippen LogP contribution in [0.4, 0.5) is 0 Å². The van der Waals surface area contributed by atoms with Gasteiger partial charge in [0.25, 0.3) is 0 Å². The summed E-state index contributed by atoms with van der Waals surface area (Å²) in [5, 5.41) is 0.500. The summed E-state index contributed by atoms with van der Waals surface area (Å²) >= 11 is 6.41. The Hall–Kier alpha value is -2.25. The van der Waals surface area contributed by atoms with E-state index in [2.05, 4.69) is 4.90 Å². The van der Waals surface area contributed by atoms with Gasteiger partial charge in [-0.25, -0.2) is 4.98 Å². The fourth-order valence-corrected chi connectivity index (χ4v) is 4.11. The van der Waals surface area contributed by atoms with Crippen LogP contribution in [0.1, 0.15) is 44.1 Å². The first kappa shape index (κ1) is 20.0. The molecular formula is C21H25ClN2O5. The average molecular weight is 421 g/mol.